The molecule has 0 aliphatic rings. The molecule has 0 radical (unpaired) electrons. The minimum Gasteiger partial charge on any atom is 0 e. The van der Waals surface area contributed by atoms with Crippen LogP contribution in [0, 0.1) is 0 Å². The van der Waals surface area contributed by atoms with Gasteiger partial charge in [0.2, 0.25) is 0 Å². The Morgan fingerprint density at radius 1 is 0.786 bits per heavy atom. The first-order valence-electron chi connectivity index (χ1n) is 0.956. The molecule has 96 valence electrons. The van der Waals surface area contributed by atoms with Gasteiger partial charge in [0.1, 0.15) is 0 Å². The van der Waals surface area contributed by atoms with Gasteiger partial charge in [-0.05, 0) is 0 Å². The van der Waals surface area contributed by atoms with E-state index < -0.39 is 15.4 Å². The van der Waals surface area contributed by atoms with E-state index in [-0.39, 0.29) is 106 Å². The van der Waals surface area contributed by atoms with Crippen molar-refractivity contribution in [3.8, 4) is 0 Å². The van der Waals surface area contributed by atoms with Crippen molar-refractivity contribution in [2.24, 2.45) is 0 Å². The van der Waals surface area contributed by atoms with Crippen LogP contribution >= 0.6 is 0 Å². The van der Waals surface area contributed by atoms with Gasteiger partial charge < -0.3 is 38.3 Å². The molecular formula is H17BKNiO10V. The second-order valence-electron chi connectivity index (χ2n) is 0.406. The topological polar surface area (TPSA) is 264 Å². The molecular weight excluding hydrogens is 320 g/mol. The standard InChI is InChI=1S/BH2O.K.Ni.7H2O.2O.V.H/c1-2;;;;;;;;;;;;;/h1H2;;;7*1H2;;;;/q-1;;;;;;;;;;;;+1;. The zero-order valence-corrected chi connectivity index (χ0v) is 8.87. The maximum Gasteiger partial charge on any atom is 0 e. The predicted molar refractivity (Wildman–Crippen MR) is 43.4 cm³/mol. The largest absolute Gasteiger partial charge is 0 e. The minimum absolute atomic E-state index is 0. The Morgan fingerprint density at radius 3 is 0.857 bits per heavy atom. The van der Waals surface area contributed by atoms with Gasteiger partial charge in [0, 0.05) is 16.5 Å². The van der Waals surface area contributed by atoms with Crippen LogP contribution in [-0.4, -0.2) is 97.8 Å². The second kappa shape index (κ2) is 81.1. The van der Waals surface area contributed by atoms with E-state index in [9.17, 15) is 7.35 Å². The molecule has 0 aliphatic carbocycles. The Kier molecular flexibility index (Phi) is 574. The fourth-order valence-electron chi connectivity index (χ4n) is 0. The molecule has 0 atom stereocenters. The van der Waals surface area contributed by atoms with Crippen molar-refractivity contribution in [1.82, 2.24) is 0 Å². The van der Waals surface area contributed by atoms with Gasteiger partial charge in [-0.3, -0.25) is 0 Å². The Bertz CT molecular complexity index is 78.2. The molecule has 0 aromatic rings. The van der Waals surface area contributed by atoms with Crippen LogP contribution in [0.1, 0.15) is 0 Å². The summed E-state index contributed by atoms with van der Waals surface area (Å²) in [5, 5.41) is 0. The fourth-order valence-corrected chi connectivity index (χ4v) is 0. The Morgan fingerprint density at radius 2 is 0.857 bits per heavy atom. The molecule has 0 fully saturated rings. The molecule has 0 aromatic heterocycles. The SMILES string of the molecule is B[O][V](=[O])=[O].O.O.O.O.O.O.O.[KH].[Ni]. The van der Waals surface area contributed by atoms with Crippen LogP contribution in [0.3, 0.4) is 0 Å². The van der Waals surface area contributed by atoms with Crippen molar-refractivity contribution in [2.75, 3.05) is 0 Å². The molecule has 0 bridgehead atoms. The molecule has 14 heteroatoms. The summed E-state index contributed by atoms with van der Waals surface area (Å²) in [6.07, 6.45) is 0. The number of hydrogen-bond acceptors (Lipinski definition) is 3. The van der Waals surface area contributed by atoms with Crippen LogP contribution < -0.4 is 0 Å². The van der Waals surface area contributed by atoms with Crippen molar-refractivity contribution in [1.29, 1.82) is 0 Å². The van der Waals surface area contributed by atoms with Crippen molar-refractivity contribution >= 4 is 59.4 Å². The minimum atomic E-state index is -3.20. The van der Waals surface area contributed by atoms with Gasteiger partial charge >= 0.3 is 85.8 Å². The third-order valence-electron chi connectivity index (χ3n) is 0.149. The van der Waals surface area contributed by atoms with E-state index in [0.29, 0.717) is 0 Å². The van der Waals surface area contributed by atoms with Gasteiger partial charge in [0.25, 0.3) is 0 Å². The van der Waals surface area contributed by atoms with Crippen LogP contribution in [0.15, 0.2) is 0 Å². The first kappa shape index (κ1) is 99.2. The average Bonchev–Trinajstić information content (AvgIpc) is 1.38. The van der Waals surface area contributed by atoms with Crippen molar-refractivity contribution < 1.29 is 81.2 Å². The summed E-state index contributed by atoms with van der Waals surface area (Å²) < 4.78 is 22.3. The zero-order valence-electron chi connectivity index (χ0n) is 6.49. The molecule has 14 heavy (non-hydrogen) atoms. The summed E-state index contributed by atoms with van der Waals surface area (Å²) in [7, 11) is 1.14. The van der Waals surface area contributed by atoms with E-state index in [4.69, 9.17) is 0 Å². The number of hydrogen-bond donors (Lipinski definition) is 0. The Balaban J connectivity index is -0.00000000222. The van der Waals surface area contributed by atoms with Crippen LogP contribution in [0.5, 0.6) is 0 Å². The van der Waals surface area contributed by atoms with Crippen LogP contribution in [-0.2, 0) is 42.8 Å². The molecule has 0 amide bonds. The molecule has 10 nitrogen and oxygen atoms in total. The van der Waals surface area contributed by atoms with Gasteiger partial charge in [-0.2, -0.15) is 0 Å². The normalized spacial score (nSPS) is 2.57. The van der Waals surface area contributed by atoms with Gasteiger partial charge in [-0.15, -0.1) is 0 Å². The van der Waals surface area contributed by atoms with E-state index in [2.05, 4.69) is 3.58 Å². The predicted octanol–water partition coefficient (Wildman–Crippen LogP) is -7.65. The molecule has 0 spiro atoms. The molecule has 0 aromatic carbocycles. The zero-order chi connectivity index (χ0) is 4.28. The van der Waals surface area contributed by atoms with Gasteiger partial charge in [0.05, 0.1) is 0 Å². The maximum absolute atomic E-state index is 9.26. The third-order valence-corrected chi connectivity index (χ3v) is 0.615. The molecule has 0 heterocycles. The fraction of sp³-hybridized carbons (Fsp3) is 0. The van der Waals surface area contributed by atoms with Gasteiger partial charge in [-0.1, -0.05) is 0 Å². The summed E-state index contributed by atoms with van der Waals surface area (Å²) in [6, 6.07) is 0. The first-order valence-corrected chi connectivity index (χ1v) is 2.67. The monoisotopic (exact) mass is 336 g/mol. The first-order chi connectivity index (χ1) is 2.27. The Labute approximate surface area is 138 Å². The summed E-state index contributed by atoms with van der Waals surface area (Å²) in [5.74, 6) is 0. The van der Waals surface area contributed by atoms with Crippen molar-refractivity contribution in [3.05, 3.63) is 0 Å². The molecule has 0 saturated heterocycles. The quantitative estimate of drug-likeness (QED) is 0.422. The van der Waals surface area contributed by atoms with E-state index >= 15 is 0 Å². The van der Waals surface area contributed by atoms with E-state index in [1.54, 1.807) is 0 Å². The van der Waals surface area contributed by atoms with Crippen molar-refractivity contribution in [2.45, 2.75) is 0 Å². The molecule has 0 aliphatic heterocycles. The van der Waals surface area contributed by atoms with Gasteiger partial charge in [-0.25, -0.2) is 0 Å². The molecule has 0 saturated carbocycles. The average molecular weight is 337 g/mol. The van der Waals surface area contributed by atoms with Crippen LogP contribution in [0.25, 0.3) is 0 Å². The number of rotatable bonds is 1. The summed E-state index contributed by atoms with van der Waals surface area (Å²) >= 11 is -3.20. The second-order valence-corrected chi connectivity index (χ2v) is 1.67. The van der Waals surface area contributed by atoms with Crippen molar-refractivity contribution in [3.63, 3.8) is 0 Å². The molecule has 0 unspecified atom stereocenters. The Hall–Kier alpha value is 2.06. The summed E-state index contributed by atoms with van der Waals surface area (Å²) in [5.41, 5.74) is 0. The third kappa shape index (κ3) is 146. The van der Waals surface area contributed by atoms with E-state index in [1.807, 2.05) is 0 Å². The summed E-state index contributed by atoms with van der Waals surface area (Å²) in [4.78, 5) is 0. The molecule has 14 N–H and O–H groups in total. The van der Waals surface area contributed by atoms with E-state index in [1.165, 1.54) is 0 Å². The summed E-state index contributed by atoms with van der Waals surface area (Å²) in [6.45, 7) is 0. The van der Waals surface area contributed by atoms with Crippen LogP contribution in [0.2, 0.25) is 0 Å². The smallest absolute Gasteiger partial charge is 0 e. The van der Waals surface area contributed by atoms with E-state index in [0.717, 1.165) is 8.05 Å². The molecule has 0 rings (SSSR count). The van der Waals surface area contributed by atoms with Crippen LogP contribution in [0.4, 0.5) is 0 Å². The maximum atomic E-state index is 9.26. The van der Waals surface area contributed by atoms with Gasteiger partial charge in [0.15, 0.2) is 0 Å².